The number of rotatable bonds is 8. The van der Waals surface area contributed by atoms with Crippen LogP contribution in [0.4, 0.5) is 0 Å². The second-order valence-corrected chi connectivity index (χ2v) is 16.9. The molecule has 4 heteroatoms. The first-order valence-corrected chi connectivity index (χ1v) is 20.0. The van der Waals surface area contributed by atoms with Gasteiger partial charge in [0, 0.05) is 53.1 Å². The number of hydrogen-bond donors (Lipinski definition) is 1. The number of aromatic hydroxyl groups is 1. The lowest BCUT2D eigenvalue weighted by Gasteiger charge is -2.27. The van der Waals surface area contributed by atoms with Crippen molar-refractivity contribution in [1.29, 1.82) is 0 Å². The molecule has 0 amide bonds. The van der Waals surface area contributed by atoms with Gasteiger partial charge in [-0.25, -0.2) is 4.98 Å². The Hall–Kier alpha value is -6.26. The van der Waals surface area contributed by atoms with E-state index in [0.717, 1.165) is 5.56 Å². The average molecular weight is 842 g/mol. The van der Waals surface area contributed by atoms with E-state index in [0.29, 0.717) is 29.2 Å². The fourth-order valence-corrected chi connectivity index (χ4v) is 7.60. The largest absolute Gasteiger partial charge is 0.507 e. The zero-order valence-corrected chi connectivity index (χ0v) is 34.8. The van der Waals surface area contributed by atoms with Gasteiger partial charge < -0.3 is 5.11 Å². The van der Waals surface area contributed by atoms with E-state index in [1.165, 1.54) is 4.57 Å². The number of phenols is 1. The van der Waals surface area contributed by atoms with Gasteiger partial charge in [0.15, 0.2) is 0 Å². The monoisotopic (exact) mass is 842 g/mol. The Kier molecular flexibility index (Phi) is 5.55. The SMILES string of the molecule is [2H]c1nc(-c2cc(-c3cccc4c3nc(-c3cc(C(C([2H])([2H])[2H])(C([2H])([2H])[2H])C([2H])([2H])[2H])cc(C(C([2H])([2H])[2H])(C([2H])([2H])[2H])C([2H])([2H])[2H])c3O)n4-c3ccc(CC(C)C)cc3-c3ccccc3)cc(C(C)(C)C)c2)c([2H])c(-c2c([2H])c([2H])c([2H])c([2H])c2[2H])c1[2H]. The number of benzene rings is 6. The van der Waals surface area contributed by atoms with Crippen LogP contribution in [0, 0.1) is 5.92 Å². The van der Waals surface area contributed by atoms with Crippen LogP contribution in [0.3, 0.4) is 0 Å². The first kappa shape index (κ1) is 21.2. The molecule has 0 radical (unpaired) electrons. The summed E-state index contributed by atoms with van der Waals surface area (Å²) in [5.74, 6) is -1.88. The van der Waals surface area contributed by atoms with E-state index in [1.54, 1.807) is 78.9 Å². The van der Waals surface area contributed by atoms with Gasteiger partial charge in [-0.2, -0.15) is 0 Å². The van der Waals surface area contributed by atoms with E-state index in [2.05, 4.69) is 4.98 Å². The quantitative estimate of drug-likeness (QED) is 0.166. The third-order valence-electron chi connectivity index (χ3n) is 10.6. The lowest BCUT2D eigenvalue weighted by Crippen LogP contribution is -2.17. The maximum Gasteiger partial charge on any atom is 0.149 e. The van der Waals surface area contributed by atoms with Gasteiger partial charge in [0.25, 0.3) is 0 Å². The van der Waals surface area contributed by atoms with Gasteiger partial charge in [-0.1, -0.05) is 167 Å². The van der Waals surface area contributed by atoms with Crippen molar-refractivity contribution >= 4 is 11.0 Å². The van der Waals surface area contributed by atoms with Crippen LogP contribution in [-0.2, 0) is 22.7 Å². The minimum Gasteiger partial charge on any atom is -0.507 e. The van der Waals surface area contributed by atoms with Gasteiger partial charge in [0.1, 0.15) is 11.6 Å². The standard InChI is InChI=1S/C58H61N3O/c1-37(2)29-38-25-26-51(47(30-38)40-21-16-13-17-22-40)61-52-24-18-23-46(53(52)60-55(61)48-35-45(57(6,7)8)36-49(54(48)62)58(9,10)11)42-31-43(33-44(32-42)56(3,4)5)50-34-41(27-28-59-50)39-19-14-12-15-20-39/h12-28,30-37,62H,29H2,1-11H3/i6D3,7D3,8D3,9D3,10D3,11D3,12D,14D,15D,19D,20D,27D,28D,34D. The first-order valence-electron chi connectivity index (χ1n) is 33.0. The summed E-state index contributed by atoms with van der Waals surface area (Å²) >= 11 is 0. The number of hydrogen-bond acceptors (Lipinski definition) is 3. The van der Waals surface area contributed by atoms with Crippen LogP contribution >= 0.6 is 0 Å². The molecular weight excluding hydrogens is 755 g/mol. The number of pyridine rings is 1. The average Bonchev–Trinajstić information content (AvgIpc) is 0.926. The number of fused-ring (bicyclic) bond motifs is 1. The maximum absolute atomic E-state index is 13.1. The summed E-state index contributed by atoms with van der Waals surface area (Å²) in [7, 11) is 0. The molecule has 1 N–H and O–H groups in total. The number of nitrogens with zero attached hydrogens (tertiary/aromatic N) is 3. The normalized spacial score (nSPS) is 19.7. The van der Waals surface area contributed by atoms with Crippen molar-refractivity contribution in [3.05, 3.63) is 168 Å². The fraction of sp³-hybridized carbons (Fsp3) is 0.276. The molecule has 8 rings (SSSR count). The molecule has 0 unspecified atom stereocenters. The van der Waals surface area contributed by atoms with Crippen molar-refractivity contribution in [2.45, 2.75) is 98.4 Å². The van der Waals surface area contributed by atoms with E-state index in [-0.39, 0.29) is 51.1 Å². The minimum atomic E-state index is -4.23. The molecule has 0 fully saturated rings. The summed E-state index contributed by atoms with van der Waals surface area (Å²) in [6.07, 6.45) is -0.163. The van der Waals surface area contributed by atoms with E-state index in [9.17, 15) is 6.48 Å². The first-order chi connectivity index (χ1) is 40.2. The fourth-order valence-electron chi connectivity index (χ4n) is 7.60. The second-order valence-electron chi connectivity index (χ2n) is 16.9. The molecule has 0 aliphatic rings. The summed E-state index contributed by atoms with van der Waals surface area (Å²) in [4.78, 5) is 9.47. The van der Waals surface area contributed by atoms with Gasteiger partial charge in [0.2, 0.25) is 0 Å². The minimum absolute atomic E-state index is 0.0184. The van der Waals surface area contributed by atoms with Crippen LogP contribution in [0.2, 0.25) is 0 Å². The Morgan fingerprint density at radius 1 is 0.645 bits per heavy atom. The lowest BCUT2D eigenvalue weighted by atomic mass is 9.79. The van der Waals surface area contributed by atoms with Gasteiger partial charge in [-0.15, -0.1) is 0 Å². The van der Waals surface area contributed by atoms with Crippen molar-refractivity contribution in [1.82, 2.24) is 14.5 Å². The van der Waals surface area contributed by atoms with Crippen LogP contribution < -0.4 is 0 Å². The van der Waals surface area contributed by atoms with Crippen LogP contribution in [0.1, 0.15) is 134 Å². The molecule has 62 heavy (non-hydrogen) atoms. The van der Waals surface area contributed by atoms with Gasteiger partial charge in [0.05, 0.1) is 38.9 Å². The van der Waals surface area contributed by atoms with E-state index in [4.69, 9.17) is 39.3 Å². The predicted molar refractivity (Wildman–Crippen MR) is 262 cm³/mol. The zero-order chi connectivity index (χ0) is 66.1. The molecule has 2 aromatic heterocycles. The predicted octanol–water partition coefficient (Wildman–Crippen LogP) is 15.6. The van der Waals surface area contributed by atoms with Crippen molar-refractivity contribution in [2.75, 3.05) is 0 Å². The Morgan fingerprint density at radius 2 is 1.37 bits per heavy atom. The van der Waals surface area contributed by atoms with Crippen molar-refractivity contribution in [2.24, 2.45) is 5.92 Å². The van der Waals surface area contributed by atoms with Crippen LogP contribution in [0.5, 0.6) is 5.75 Å². The molecule has 0 saturated carbocycles. The highest BCUT2D eigenvalue weighted by Gasteiger charge is 2.29. The molecule has 0 saturated heterocycles. The molecule has 314 valence electrons. The smallest absolute Gasteiger partial charge is 0.149 e. The van der Waals surface area contributed by atoms with Gasteiger partial charge in [-0.05, 0) is 116 Å². The summed E-state index contributed by atoms with van der Waals surface area (Å²) in [6.45, 7) is -15.4. The molecule has 0 aliphatic carbocycles. The van der Waals surface area contributed by atoms with E-state index < -0.39 is 145 Å². The Labute approximate surface area is 405 Å². The van der Waals surface area contributed by atoms with E-state index >= 15 is 0 Å². The molecule has 8 aromatic rings. The maximum atomic E-state index is 13.1. The zero-order valence-electron chi connectivity index (χ0n) is 60.8. The highest BCUT2D eigenvalue weighted by atomic mass is 16.3. The third kappa shape index (κ3) is 8.48. The Morgan fingerprint density at radius 3 is 2.08 bits per heavy atom. The number of imidazole rings is 1. The Bertz CT molecular complexity index is 3950. The number of aromatic nitrogens is 3. The molecule has 0 bridgehead atoms. The van der Waals surface area contributed by atoms with Gasteiger partial charge in [-0.3, -0.25) is 9.55 Å². The molecule has 2 heterocycles. The number of phenolic OH excluding ortho intramolecular Hbond substituents is 1. The highest BCUT2D eigenvalue weighted by molar-refractivity contribution is 5.98. The van der Waals surface area contributed by atoms with Gasteiger partial charge >= 0.3 is 0 Å². The van der Waals surface area contributed by atoms with Crippen molar-refractivity contribution in [3.8, 4) is 67.5 Å². The summed E-state index contributed by atoms with van der Waals surface area (Å²) < 4.78 is 229. The highest BCUT2D eigenvalue weighted by Crippen LogP contribution is 2.46. The van der Waals surface area contributed by atoms with Crippen molar-refractivity contribution in [3.63, 3.8) is 0 Å². The topological polar surface area (TPSA) is 50.9 Å². The van der Waals surface area contributed by atoms with Crippen LogP contribution in [-0.4, -0.2) is 19.6 Å². The van der Waals surface area contributed by atoms with Crippen LogP contribution in [0.15, 0.2) is 146 Å². The molecule has 0 atom stereocenters. The van der Waals surface area contributed by atoms with Crippen molar-refractivity contribution < 1.29 is 40.7 Å². The second kappa shape index (κ2) is 16.2. The summed E-state index contributed by atoms with van der Waals surface area (Å²) in [6, 6.07) is 19.7. The summed E-state index contributed by atoms with van der Waals surface area (Å²) in [5.41, 5.74) is -10.7. The molecule has 0 spiro atoms. The van der Waals surface area contributed by atoms with Crippen LogP contribution in [0.25, 0.3) is 72.7 Å². The molecule has 6 aromatic carbocycles. The molecular formula is C58H61N3O. The number of para-hydroxylation sites is 1. The Balaban J connectivity index is 1.63. The van der Waals surface area contributed by atoms with E-state index in [1.807, 2.05) is 40.7 Å². The molecule has 0 aliphatic heterocycles. The lowest BCUT2D eigenvalue weighted by molar-refractivity contribution is 0.446. The third-order valence-corrected chi connectivity index (χ3v) is 10.6. The summed E-state index contributed by atoms with van der Waals surface area (Å²) in [5, 5.41) is 13.1. The molecule has 4 nitrogen and oxygen atoms in total.